The molecule has 0 aliphatic rings. The van der Waals surface area contributed by atoms with Gasteiger partial charge in [0.05, 0.1) is 20.5 Å². The average molecular weight is 605 g/mol. The first-order chi connectivity index (χ1) is 18.5. The zero-order valence-electron chi connectivity index (χ0n) is 20.5. The van der Waals surface area contributed by atoms with E-state index in [-0.39, 0.29) is 26.2 Å². The number of carbonyl (C=O) groups is 1. The molecule has 1 amide bonds. The third-order valence-corrected chi connectivity index (χ3v) is 9.30. The van der Waals surface area contributed by atoms with Crippen LogP contribution in [-0.4, -0.2) is 29.3 Å². The summed E-state index contributed by atoms with van der Waals surface area (Å²) in [7, 11) is -8.04. The van der Waals surface area contributed by atoms with Crippen LogP contribution in [0.2, 0.25) is 10.0 Å². The Morgan fingerprint density at radius 2 is 1.31 bits per heavy atom. The minimum Gasteiger partial charge on any atom is -0.325 e. The Labute approximate surface area is 237 Å². The van der Waals surface area contributed by atoms with Crippen molar-refractivity contribution in [1.29, 1.82) is 0 Å². The molecule has 4 rings (SSSR count). The van der Waals surface area contributed by atoms with Crippen molar-refractivity contribution in [3.63, 3.8) is 0 Å². The number of halogens is 2. The van der Waals surface area contributed by atoms with Gasteiger partial charge in [0.1, 0.15) is 6.54 Å². The Morgan fingerprint density at radius 1 is 0.744 bits per heavy atom. The number of sulfonamides is 2. The minimum atomic E-state index is -4.15. The molecule has 4 aromatic rings. The average Bonchev–Trinajstić information content (AvgIpc) is 2.89. The maximum atomic E-state index is 13.5. The zero-order chi connectivity index (χ0) is 28.2. The molecular formula is C27H23Cl2N3O5S2. The van der Waals surface area contributed by atoms with Crippen LogP contribution in [0.25, 0.3) is 0 Å². The van der Waals surface area contributed by atoms with Gasteiger partial charge >= 0.3 is 0 Å². The lowest BCUT2D eigenvalue weighted by molar-refractivity contribution is -0.114. The number of nitrogens with one attached hydrogen (secondary N) is 2. The fraction of sp³-hybridized carbons (Fsp3) is 0.0741. The smallest absolute Gasteiger partial charge is 0.264 e. The van der Waals surface area contributed by atoms with Crippen molar-refractivity contribution in [1.82, 2.24) is 0 Å². The van der Waals surface area contributed by atoms with Gasteiger partial charge in [-0.15, -0.1) is 0 Å². The van der Waals surface area contributed by atoms with E-state index in [1.54, 1.807) is 36.4 Å². The number of rotatable bonds is 9. The van der Waals surface area contributed by atoms with E-state index in [0.717, 1.165) is 9.87 Å². The van der Waals surface area contributed by atoms with Gasteiger partial charge in [-0.3, -0.25) is 13.8 Å². The summed E-state index contributed by atoms with van der Waals surface area (Å²) in [5.41, 5.74) is 1.64. The highest BCUT2D eigenvalue weighted by atomic mass is 35.5. The predicted molar refractivity (Wildman–Crippen MR) is 154 cm³/mol. The van der Waals surface area contributed by atoms with Crippen LogP contribution in [0.15, 0.2) is 107 Å². The number of hydrogen-bond donors (Lipinski definition) is 2. The monoisotopic (exact) mass is 603 g/mol. The summed E-state index contributed by atoms with van der Waals surface area (Å²) in [5, 5.41) is 3.24. The number of aryl methyl sites for hydroxylation is 1. The van der Waals surface area contributed by atoms with E-state index in [1.165, 1.54) is 60.7 Å². The second-order valence-electron chi connectivity index (χ2n) is 8.46. The number of para-hydroxylation sites is 1. The molecule has 0 heterocycles. The van der Waals surface area contributed by atoms with Gasteiger partial charge in [0.2, 0.25) is 5.91 Å². The first kappa shape index (κ1) is 28.4. The highest BCUT2D eigenvalue weighted by Crippen LogP contribution is 2.30. The Kier molecular flexibility index (Phi) is 8.51. The van der Waals surface area contributed by atoms with E-state index in [2.05, 4.69) is 10.0 Å². The van der Waals surface area contributed by atoms with Gasteiger partial charge in [-0.2, -0.15) is 0 Å². The molecule has 0 spiro atoms. The summed E-state index contributed by atoms with van der Waals surface area (Å²) >= 11 is 12.1. The molecule has 0 fully saturated rings. The normalized spacial score (nSPS) is 11.6. The quantitative estimate of drug-likeness (QED) is 0.246. The molecule has 8 nitrogen and oxygen atoms in total. The van der Waals surface area contributed by atoms with Gasteiger partial charge in [-0.25, -0.2) is 16.8 Å². The van der Waals surface area contributed by atoms with Crippen molar-refractivity contribution in [2.45, 2.75) is 16.7 Å². The minimum absolute atomic E-state index is 0.00330. The second kappa shape index (κ2) is 11.7. The molecule has 0 aromatic heterocycles. The first-order valence-electron chi connectivity index (χ1n) is 11.5. The van der Waals surface area contributed by atoms with Crippen molar-refractivity contribution < 1.29 is 21.6 Å². The van der Waals surface area contributed by atoms with Crippen molar-refractivity contribution >= 4 is 66.2 Å². The van der Waals surface area contributed by atoms with Crippen LogP contribution in [0, 0.1) is 6.92 Å². The number of amides is 1. The molecule has 4 aromatic carbocycles. The van der Waals surface area contributed by atoms with Crippen LogP contribution in [0.4, 0.5) is 17.1 Å². The predicted octanol–water partition coefficient (Wildman–Crippen LogP) is 5.94. The van der Waals surface area contributed by atoms with Crippen molar-refractivity contribution in [2.75, 3.05) is 20.9 Å². The lowest BCUT2D eigenvalue weighted by atomic mass is 10.2. The highest BCUT2D eigenvalue weighted by Gasteiger charge is 2.28. The zero-order valence-corrected chi connectivity index (χ0v) is 23.7. The fourth-order valence-corrected chi connectivity index (χ4v) is 6.48. The van der Waals surface area contributed by atoms with Gasteiger partial charge in [0, 0.05) is 16.4 Å². The van der Waals surface area contributed by atoms with E-state index in [0.29, 0.717) is 10.7 Å². The lowest BCUT2D eigenvalue weighted by Crippen LogP contribution is -2.38. The van der Waals surface area contributed by atoms with Crippen LogP contribution in [0.3, 0.4) is 0 Å². The van der Waals surface area contributed by atoms with Gasteiger partial charge in [0.25, 0.3) is 20.0 Å². The van der Waals surface area contributed by atoms with Crippen LogP contribution in [0.5, 0.6) is 0 Å². The molecule has 2 N–H and O–H groups in total. The molecule has 0 radical (unpaired) electrons. The van der Waals surface area contributed by atoms with Crippen LogP contribution >= 0.6 is 23.2 Å². The Balaban J connectivity index is 1.53. The standard InChI is InChI=1S/C27H23Cl2N3O5S2/c1-19-6-14-24(15-7-19)39(36,37)32(26-5-3-2-4-25(26)29)18-27(33)30-21-12-16-23(17-13-21)38(34,35)31-22-10-8-20(28)9-11-22/h2-17,31H,18H2,1H3,(H,30,33). The van der Waals surface area contributed by atoms with E-state index in [9.17, 15) is 21.6 Å². The number of benzene rings is 4. The number of nitrogens with zero attached hydrogens (tertiary/aromatic N) is 1. The van der Waals surface area contributed by atoms with Crippen molar-refractivity contribution in [3.05, 3.63) is 113 Å². The van der Waals surface area contributed by atoms with E-state index >= 15 is 0 Å². The molecule has 0 saturated heterocycles. The SMILES string of the molecule is Cc1ccc(S(=O)(=O)N(CC(=O)Nc2ccc(S(=O)(=O)Nc3ccc(Cl)cc3)cc2)c2ccccc2Cl)cc1. The lowest BCUT2D eigenvalue weighted by Gasteiger charge is -2.25. The summed E-state index contributed by atoms with van der Waals surface area (Å²) < 4.78 is 55.8. The number of carbonyl (C=O) groups excluding carboxylic acids is 1. The van der Waals surface area contributed by atoms with Gasteiger partial charge < -0.3 is 5.32 Å². The van der Waals surface area contributed by atoms with Gasteiger partial charge in [-0.1, -0.05) is 53.0 Å². The molecule has 0 bridgehead atoms. The summed E-state index contributed by atoms with van der Waals surface area (Å²) in [6.07, 6.45) is 0. The third-order valence-electron chi connectivity index (χ3n) is 5.56. The molecule has 0 saturated carbocycles. The molecule has 0 aliphatic carbocycles. The number of hydrogen-bond acceptors (Lipinski definition) is 5. The molecule has 0 aliphatic heterocycles. The first-order valence-corrected chi connectivity index (χ1v) is 15.2. The molecule has 12 heteroatoms. The van der Waals surface area contributed by atoms with Crippen molar-refractivity contribution in [2.24, 2.45) is 0 Å². The second-order valence-corrected chi connectivity index (χ2v) is 12.8. The molecular weight excluding hydrogens is 581 g/mol. The Bertz CT molecular complexity index is 1690. The maximum Gasteiger partial charge on any atom is 0.264 e. The van der Waals surface area contributed by atoms with Crippen LogP contribution in [0.1, 0.15) is 5.56 Å². The number of anilines is 3. The van der Waals surface area contributed by atoms with Gasteiger partial charge in [0.15, 0.2) is 0 Å². The summed E-state index contributed by atoms with van der Waals surface area (Å²) in [6.45, 7) is 1.26. The topological polar surface area (TPSA) is 113 Å². The third kappa shape index (κ3) is 6.90. The Hall–Kier alpha value is -3.57. The van der Waals surface area contributed by atoms with E-state index in [1.807, 2.05) is 6.92 Å². The molecule has 0 atom stereocenters. The van der Waals surface area contributed by atoms with E-state index < -0.39 is 32.5 Å². The molecule has 202 valence electrons. The van der Waals surface area contributed by atoms with E-state index in [4.69, 9.17) is 23.2 Å². The summed E-state index contributed by atoms with van der Waals surface area (Å²) in [6, 6.07) is 24.2. The summed E-state index contributed by atoms with van der Waals surface area (Å²) in [4.78, 5) is 13.0. The van der Waals surface area contributed by atoms with Gasteiger partial charge in [-0.05, 0) is 79.7 Å². The van der Waals surface area contributed by atoms with Crippen molar-refractivity contribution in [3.8, 4) is 0 Å². The highest BCUT2D eigenvalue weighted by molar-refractivity contribution is 7.93. The molecule has 39 heavy (non-hydrogen) atoms. The maximum absolute atomic E-state index is 13.5. The van der Waals surface area contributed by atoms with Crippen LogP contribution in [-0.2, 0) is 24.8 Å². The summed E-state index contributed by atoms with van der Waals surface area (Å²) in [5.74, 6) is -0.652. The van der Waals surface area contributed by atoms with Crippen LogP contribution < -0.4 is 14.3 Å². The fourth-order valence-electron chi connectivity index (χ4n) is 3.57. The molecule has 0 unspecified atom stereocenters. The Morgan fingerprint density at radius 3 is 1.92 bits per heavy atom. The largest absolute Gasteiger partial charge is 0.325 e.